The SMILES string of the molecule is C[Si](C)(C)C#Cc1ccc(C2=CCNC(c3cccnc3)C2)cn1. The fourth-order valence-electron chi connectivity index (χ4n) is 2.66. The van der Waals surface area contributed by atoms with Crippen LogP contribution in [0.2, 0.25) is 19.6 Å². The Morgan fingerprint density at radius 1 is 1.17 bits per heavy atom. The van der Waals surface area contributed by atoms with E-state index in [0.717, 1.165) is 18.7 Å². The summed E-state index contributed by atoms with van der Waals surface area (Å²) in [5, 5.41) is 3.53. The molecule has 0 saturated heterocycles. The molecule has 0 bridgehead atoms. The first kappa shape index (κ1) is 16.6. The summed E-state index contributed by atoms with van der Waals surface area (Å²) in [6, 6.07) is 8.59. The Balaban J connectivity index is 1.74. The lowest BCUT2D eigenvalue weighted by Gasteiger charge is -2.24. The van der Waals surface area contributed by atoms with Crippen molar-refractivity contribution < 1.29 is 0 Å². The maximum absolute atomic E-state index is 4.53. The van der Waals surface area contributed by atoms with Gasteiger partial charge in [0.1, 0.15) is 13.8 Å². The molecule has 1 N–H and O–H groups in total. The van der Waals surface area contributed by atoms with Gasteiger partial charge in [-0.15, -0.1) is 5.54 Å². The van der Waals surface area contributed by atoms with E-state index in [1.54, 1.807) is 0 Å². The summed E-state index contributed by atoms with van der Waals surface area (Å²) < 4.78 is 0. The van der Waals surface area contributed by atoms with Gasteiger partial charge in [0, 0.05) is 31.2 Å². The Kier molecular flexibility index (Phi) is 4.94. The van der Waals surface area contributed by atoms with Crippen molar-refractivity contribution in [2.24, 2.45) is 0 Å². The molecular weight excluding hydrogens is 310 g/mol. The van der Waals surface area contributed by atoms with Crippen LogP contribution in [0.3, 0.4) is 0 Å². The molecule has 0 radical (unpaired) electrons. The van der Waals surface area contributed by atoms with Gasteiger partial charge in [-0.25, -0.2) is 4.98 Å². The predicted octanol–water partition coefficient (Wildman–Crippen LogP) is 3.82. The van der Waals surface area contributed by atoms with Gasteiger partial charge in [0.15, 0.2) is 0 Å². The van der Waals surface area contributed by atoms with Gasteiger partial charge in [-0.2, -0.15) is 0 Å². The highest BCUT2D eigenvalue weighted by Crippen LogP contribution is 2.29. The van der Waals surface area contributed by atoms with E-state index in [9.17, 15) is 0 Å². The van der Waals surface area contributed by atoms with Gasteiger partial charge in [0.2, 0.25) is 0 Å². The number of nitrogens with zero attached hydrogens (tertiary/aromatic N) is 2. The van der Waals surface area contributed by atoms with Gasteiger partial charge in [0.25, 0.3) is 0 Å². The average molecular weight is 334 g/mol. The molecule has 0 saturated carbocycles. The molecule has 1 aliphatic heterocycles. The summed E-state index contributed by atoms with van der Waals surface area (Å²) in [7, 11) is -1.36. The zero-order chi connectivity index (χ0) is 17.0. The highest BCUT2D eigenvalue weighted by molar-refractivity contribution is 6.83. The highest BCUT2D eigenvalue weighted by Gasteiger charge is 2.18. The first-order valence-electron chi connectivity index (χ1n) is 8.33. The average Bonchev–Trinajstić information content (AvgIpc) is 2.61. The second kappa shape index (κ2) is 7.12. The topological polar surface area (TPSA) is 37.8 Å². The molecule has 0 aromatic carbocycles. The number of pyridine rings is 2. The van der Waals surface area contributed by atoms with E-state index in [-0.39, 0.29) is 0 Å². The Bertz CT molecular complexity index is 778. The Hall–Kier alpha value is -2.22. The Morgan fingerprint density at radius 3 is 2.71 bits per heavy atom. The third kappa shape index (κ3) is 4.41. The van der Waals surface area contributed by atoms with Crippen LogP contribution in [-0.2, 0) is 0 Å². The van der Waals surface area contributed by atoms with Crippen molar-refractivity contribution in [3.63, 3.8) is 0 Å². The molecule has 3 rings (SSSR count). The molecule has 4 heteroatoms. The van der Waals surface area contributed by atoms with Crippen LogP contribution < -0.4 is 5.32 Å². The van der Waals surface area contributed by atoms with E-state index in [2.05, 4.69) is 64.6 Å². The van der Waals surface area contributed by atoms with E-state index < -0.39 is 8.07 Å². The number of rotatable bonds is 2. The van der Waals surface area contributed by atoms with E-state index in [0.29, 0.717) is 6.04 Å². The first-order valence-corrected chi connectivity index (χ1v) is 11.8. The van der Waals surface area contributed by atoms with E-state index in [4.69, 9.17) is 0 Å². The van der Waals surface area contributed by atoms with Gasteiger partial charge in [-0.1, -0.05) is 43.8 Å². The molecule has 1 aliphatic rings. The largest absolute Gasteiger partial charge is 0.306 e. The van der Waals surface area contributed by atoms with Crippen LogP contribution in [0.1, 0.15) is 29.3 Å². The quantitative estimate of drug-likeness (QED) is 0.670. The van der Waals surface area contributed by atoms with Crippen molar-refractivity contribution in [3.8, 4) is 11.5 Å². The summed E-state index contributed by atoms with van der Waals surface area (Å²) in [6.45, 7) is 7.60. The van der Waals surface area contributed by atoms with E-state index >= 15 is 0 Å². The van der Waals surface area contributed by atoms with Gasteiger partial charge >= 0.3 is 0 Å². The number of hydrogen-bond donors (Lipinski definition) is 1. The van der Waals surface area contributed by atoms with Gasteiger partial charge in [-0.3, -0.25) is 4.98 Å². The highest BCUT2D eigenvalue weighted by atomic mass is 28.3. The van der Waals surface area contributed by atoms with Crippen molar-refractivity contribution >= 4 is 13.6 Å². The fraction of sp³-hybridized carbons (Fsp3) is 0.300. The van der Waals surface area contributed by atoms with Crippen LogP contribution >= 0.6 is 0 Å². The minimum atomic E-state index is -1.36. The number of nitrogens with one attached hydrogen (secondary N) is 1. The Morgan fingerprint density at radius 2 is 2.04 bits per heavy atom. The predicted molar refractivity (Wildman–Crippen MR) is 102 cm³/mol. The molecule has 1 unspecified atom stereocenters. The smallest absolute Gasteiger partial charge is 0.129 e. The second-order valence-corrected chi connectivity index (χ2v) is 11.9. The van der Waals surface area contributed by atoms with Crippen molar-refractivity contribution in [2.75, 3.05) is 6.54 Å². The molecule has 0 fully saturated rings. The molecule has 1 atom stereocenters. The van der Waals surface area contributed by atoms with Gasteiger partial charge in [-0.05, 0) is 35.3 Å². The van der Waals surface area contributed by atoms with Crippen molar-refractivity contribution in [2.45, 2.75) is 32.1 Å². The van der Waals surface area contributed by atoms with Crippen LogP contribution in [0.4, 0.5) is 0 Å². The van der Waals surface area contributed by atoms with Crippen molar-refractivity contribution in [1.29, 1.82) is 0 Å². The molecule has 122 valence electrons. The maximum atomic E-state index is 4.53. The molecule has 2 aromatic heterocycles. The van der Waals surface area contributed by atoms with E-state index in [1.165, 1.54) is 16.7 Å². The lowest BCUT2D eigenvalue weighted by molar-refractivity contribution is 0.562. The van der Waals surface area contributed by atoms with Crippen LogP contribution in [-0.4, -0.2) is 24.6 Å². The zero-order valence-electron chi connectivity index (χ0n) is 14.5. The normalized spacial score (nSPS) is 17.6. The zero-order valence-corrected chi connectivity index (χ0v) is 15.5. The molecule has 0 aliphatic carbocycles. The van der Waals surface area contributed by atoms with Crippen molar-refractivity contribution in [3.05, 3.63) is 65.8 Å². The molecule has 3 heterocycles. The summed E-state index contributed by atoms with van der Waals surface area (Å²) >= 11 is 0. The number of hydrogen-bond acceptors (Lipinski definition) is 3. The second-order valence-electron chi connectivity index (χ2n) is 7.11. The van der Waals surface area contributed by atoms with E-state index in [1.807, 2.05) is 30.7 Å². The Labute approximate surface area is 145 Å². The minimum Gasteiger partial charge on any atom is -0.306 e. The van der Waals surface area contributed by atoms with Crippen molar-refractivity contribution in [1.82, 2.24) is 15.3 Å². The van der Waals surface area contributed by atoms with Crippen LogP contribution in [0.25, 0.3) is 5.57 Å². The lowest BCUT2D eigenvalue weighted by Crippen LogP contribution is -2.25. The molecule has 2 aromatic rings. The molecule has 24 heavy (non-hydrogen) atoms. The van der Waals surface area contributed by atoms with Crippen LogP contribution in [0.15, 0.2) is 48.9 Å². The monoisotopic (exact) mass is 333 g/mol. The minimum absolute atomic E-state index is 0.310. The molecule has 0 spiro atoms. The third-order valence-electron chi connectivity index (χ3n) is 3.92. The lowest BCUT2D eigenvalue weighted by atomic mass is 9.93. The summed E-state index contributed by atoms with van der Waals surface area (Å²) in [5.41, 5.74) is 7.97. The van der Waals surface area contributed by atoms with Gasteiger partial charge in [0.05, 0.1) is 0 Å². The maximum Gasteiger partial charge on any atom is 0.129 e. The number of aromatic nitrogens is 2. The van der Waals surface area contributed by atoms with Gasteiger partial charge < -0.3 is 5.32 Å². The third-order valence-corrected chi connectivity index (χ3v) is 4.80. The summed E-state index contributed by atoms with van der Waals surface area (Å²) in [6.07, 6.45) is 8.90. The standard InChI is InChI=1S/C20H23N3Si/c1-24(2,3)12-9-19-7-6-17(15-23-19)16-8-11-22-20(13-16)18-5-4-10-21-14-18/h4-8,10,14-15,20,22H,11,13H2,1-3H3. The molecule has 0 amide bonds. The fourth-order valence-corrected chi connectivity index (χ4v) is 3.17. The molecule has 3 nitrogen and oxygen atoms in total. The summed E-state index contributed by atoms with van der Waals surface area (Å²) in [4.78, 5) is 8.76. The summed E-state index contributed by atoms with van der Waals surface area (Å²) in [5.74, 6) is 3.21. The first-order chi connectivity index (χ1) is 11.5. The van der Waals surface area contributed by atoms with Crippen LogP contribution in [0, 0.1) is 11.5 Å². The molecular formula is C20H23N3Si. The van der Waals surface area contributed by atoms with Crippen LogP contribution in [0.5, 0.6) is 0 Å².